The summed E-state index contributed by atoms with van der Waals surface area (Å²) in [6, 6.07) is 32.9. The molecule has 4 heteroatoms. The molecule has 8 bridgehead atoms. The molecule has 19 rings (SSSR count). The zero-order chi connectivity index (χ0) is 67.6. The van der Waals surface area contributed by atoms with Crippen molar-refractivity contribution in [3.63, 3.8) is 0 Å². The number of hydrogen-bond acceptors (Lipinski definition) is 0. The molecule has 3 atom stereocenters. The van der Waals surface area contributed by atoms with Crippen molar-refractivity contribution in [1.29, 1.82) is 0 Å². The van der Waals surface area contributed by atoms with Crippen LogP contribution in [0.2, 0.25) is 0 Å². The van der Waals surface area contributed by atoms with Gasteiger partial charge in [0.2, 0.25) is 22.8 Å². The Kier molecular flexibility index (Phi) is 11.1. The number of rotatable bonds is 4. The largest absolute Gasteiger partial charge is 0.212 e. The Morgan fingerprint density at radius 3 is 1.39 bits per heavy atom. The fourth-order valence-corrected chi connectivity index (χ4v) is 16.3. The second-order valence-corrected chi connectivity index (χ2v) is 27.5. The summed E-state index contributed by atoms with van der Waals surface area (Å²) in [4.78, 5) is 0. The van der Waals surface area contributed by atoms with E-state index in [1.807, 2.05) is 67.7 Å². The molecule has 8 aromatic rings. The summed E-state index contributed by atoms with van der Waals surface area (Å²) in [5.41, 5.74) is 27.5. The van der Waals surface area contributed by atoms with Gasteiger partial charge in [-0.1, -0.05) is 91.6 Å². The Bertz CT molecular complexity index is 4410. The zero-order valence-electron chi connectivity index (χ0n) is 62.7. The second kappa shape index (κ2) is 20.9. The Hall–Kier alpha value is -6.52. The summed E-state index contributed by atoms with van der Waals surface area (Å²) in [7, 11) is 8.22. The molecule has 426 valence electrons. The lowest BCUT2D eigenvalue weighted by molar-refractivity contribution is -0.661. The maximum Gasteiger partial charge on any atom is 0.212 e. The predicted molar refractivity (Wildman–Crippen MR) is 341 cm³/mol. The molecular weight excluding hydrogens is 1000 g/mol. The lowest BCUT2D eigenvalue weighted by Gasteiger charge is -2.41. The van der Waals surface area contributed by atoms with Crippen molar-refractivity contribution < 1.29 is 33.3 Å². The summed E-state index contributed by atoms with van der Waals surface area (Å²) in [6.45, 7) is 15.8. The molecule has 0 N–H and O–H groups in total. The number of hydrogen-bond donors (Lipinski definition) is 0. The molecule has 0 saturated heterocycles. The average molecular weight is 1110 g/mol. The molecule has 11 aliphatic carbocycles. The van der Waals surface area contributed by atoms with Crippen LogP contribution < -0.4 is 18.3 Å². The standard InChI is InChI=1S/C22H28N.3C19H22N/c1-14-7-8-16(15(2)11-14)20-12-17-18-9-10-22(5,21(18,3)4)19(17)13-23(20)6;3*1-12-4-5-17(13(2)6-12)19-10-18-15-7-14(8-15)9-16(18)11-20(19)3/h7-8,11-13,18H,9-10H2,1-6H3;3*4-6,10-11,14-15H,7-9H2,1-3H3/q4*+1/i;1D3,9D2,15D;1D3,9D,15D;. The van der Waals surface area contributed by atoms with Crippen molar-refractivity contribution in [2.75, 3.05) is 0 Å². The minimum atomic E-state index is -2.14. The van der Waals surface area contributed by atoms with Crippen LogP contribution in [0.4, 0.5) is 0 Å². The van der Waals surface area contributed by atoms with Gasteiger partial charge in [0.25, 0.3) is 0 Å². The highest BCUT2D eigenvalue weighted by Crippen LogP contribution is 2.67. The van der Waals surface area contributed by atoms with Crippen molar-refractivity contribution >= 4 is 0 Å². The van der Waals surface area contributed by atoms with Gasteiger partial charge in [0.05, 0.1) is 0 Å². The van der Waals surface area contributed by atoms with E-state index in [0.29, 0.717) is 52.2 Å². The van der Waals surface area contributed by atoms with Crippen LogP contribution >= 0.6 is 0 Å². The number of fused-ring (bicyclic) bond motifs is 5. The van der Waals surface area contributed by atoms with E-state index in [1.165, 1.54) is 76.9 Å². The van der Waals surface area contributed by atoms with Gasteiger partial charge in [-0.15, -0.1) is 0 Å². The van der Waals surface area contributed by atoms with Crippen LogP contribution in [0.25, 0.3) is 45.0 Å². The molecule has 4 aromatic heterocycles. The van der Waals surface area contributed by atoms with Gasteiger partial charge in [0.1, 0.15) is 28.2 Å². The fraction of sp³-hybridized carbons (Fsp3) is 0.443. The lowest BCUT2D eigenvalue weighted by Crippen LogP contribution is -2.37. The maximum absolute atomic E-state index is 8.70. The van der Waals surface area contributed by atoms with E-state index in [-0.39, 0.29) is 12.3 Å². The molecule has 0 aliphatic heterocycles. The first-order chi connectivity index (χ1) is 43.9. The number of benzene rings is 4. The SMILES string of the molecule is Cc1ccc(-c2cc3c(c[n+]2C)C2(C)CCC3C2(C)C)c(C)c1.Cc1ccc(-c2cc3c(c[n+]2C)CC2CC3C2)c(C)c1.[2H]C([2H])([2H])c1ccc(-c2cc3c(c[n+]2C)C([2H])([2H])C2CC3([2H])C2)c(C)c1.[2H]C1c2c[n+](C)c(-c3ccc(C([2H])([2H])[2H])cc3C)cc2C2([2H])CC1C2. The molecule has 4 saturated carbocycles. The van der Waals surface area contributed by atoms with E-state index in [4.69, 9.17) is 15.1 Å². The normalized spacial score (nSPS) is 29.8. The highest BCUT2D eigenvalue weighted by molar-refractivity contribution is 5.67. The van der Waals surface area contributed by atoms with Crippen LogP contribution in [0.1, 0.15) is 200 Å². The molecule has 4 nitrogen and oxygen atoms in total. The topological polar surface area (TPSA) is 15.5 Å². The third kappa shape index (κ3) is 9.75. The van der Waals surface area contributed by atoms with Crippen molar-refractivity contribution in [1.82, 2.24) is 0 Å². The maximum atomic E-state index is 8.70. The first kappa shape index (κ1) is 44.0. The molecule has 0 radical (unpaired) electrons. The summed E-state index contributed by atoms with van der Waals surface area (Å²) in [5.74, 6) is 1.53. The van der Waals surface area contributed by atoms with E-state index < -0.39 is 31.9 Å². The van der Waals surface area contributed by atoms with Gasteiger partial charge in [0, 0.05) is 89.3 Å². The van der Waals surface area contributed by atoms with Gasteiger partial charge >= 0.3 is 0 Å². The van der Waals surface area contributed by atoms with Crippen LogP contribution in [0.15, 0.2) is 122 Å². The molecule has 3 unspecified atom stereocenters. The summed E-state index contributed by atoms with van der Waals surface area (Å²) in [6.07, 6.45) is 16.5. The average Bonchev–Trinajstić information content (AvgIpc) is 1.19. The van der Waals surface area contributed by atoms with Crippen LogP contribution in [0.3, 0.4) is 0 Å². The first-order valence-electron chi connectivity index (χ1n) is 36.4. The highest BCUT2D eigenvalue weighted by atomic mass is 14.9. The summed E-state index contributed by atoms with van der Waals surface area (Å²) < 4.78 is 96.8. The van der Waals surface area contributed by atoms with Crippen molar-refractivity contribution in [2.45, 2.75) is 176 Å². The van der Waals surface area contributed by atoms with Gasteiger partial charge in [-0.25, -0.2) is 18.3 Å². The van der Waals surface area contributed by atoms with E-state index >= 15 is 0 Å². The molecule has 11 aliphatic rings. The van der Waals surface area contributed by atoms with Crippen LogP contribution in [0.5, 0.6) is 0 Å². The van der Waals surface area contributed by atoms with Gasteiger partial charge < -0.3 is 0 Å². The van der Waals surface area contributed by atoms with Crippen LogP contribution in [0, 0.1) is 78.4 Å². The quantitative estimate of drug-likeness (QED) is 0.156. The second-order valence-electron chi connectivity index (χ2n) is 27.5. The highest BCUT2D eigenvalue weighted by Gasteiger charge is 2.60. The van der Waals surface area contributed by atoms with Crippen molar-refractivity contribution in [2.24, 2.45) is 51.4 Å². The van der Waals surface area contributed by atoms with E-state index in [1.54, 1.807) is 46.5 Å². The first-order valence-corrected chi connectivity index (χ1v) is 30.9. The van der Waals surface area contributed by atoms with Gasteiger partial charge in [-0.2, -0.15) is 0 Å². The molecule has 0 spiro atoms. The number of nitrogens with zero attached hydrogens (tertiary/aromatic N) is 4. The van der Waals surface area contributed by atoms with Crippen LogP contribution in [-0.2, 0) is 52.8 Å². The van der Waals surface area contributed by atoms with E-state index in [0.717, 1.165) is 75.0 Å². The fourth-order valence-electron chi connectivity index (χ4n) is 16.3. The van der Waals surface area contributed by atoms with Crippen LogP contribution in [-0.4, -0.2) is 0 Å². The van der Waals surface area contributed by atoms with Gasteiger partial charge in [0.15, 0.2) is 24.8 Å². The molecular formula is C79H94N4+4. The minimum Gasteiger partial charge on any atom is -0.201 e. The third-order valence-corrected chi connectivity index (χ3v) is 21.5. The predicted octanol–water partition coefficient (Wildman–Crippen LogP) is 16.5. The lowest BCUT2D eigenvalue weighted by atomic mass is 9.63. The molecule has 0 amide bonds. The molecule has 4 fully saturated rings. The number of aromatic nitrogens is 4. The number of aryl methyl sites for hydroxylation is 12. The third-order valence-electron chi connectivity index (χ3n) is 21.5. The van der Waals surface area contributed by atoms with Crippen molar-refractivity contribution in [3.05, 3.63) is 211 Å². The Balaban J connectivity index is 0.000000114. The van der Waals surface area contributed by atoms with Gasteiger partial charge in [-0.3, -0.25) is 0 Å². The van der Waals surface area contributed by atoms with E-state index in [2.05, 4.69) is 139 Å². The minimum absolute atomic E-state index is 0.0707. The Morgan fingerprint density at radius 1 is 0.458 bits per heavy atom. The Morgan fingerprint density at radius 2 is 0.880 bits per heavy atom. The summed E-state index contributed by atoms with van der Waals surface area (Å²) >= 11 is 0. The zero-order valence-corrected chi connectivity index (χ0v) is 51.7. The number of pyridine rings is 4. The monoisotopic (exact) mass is 1110 g/mol. The van der Waals surface area contributed by atoms with Crippen molar-refractivity contribution in [3.8, 4) is 45.0 Å². The molecule has 4 aromatic carbocycles. The molecule has 4 heterocycles. The van der Waals surface area contributed by atoms with E-state index in [9.17, 15) is 0 Å². The summed E-state index contributed by atoms with van der Waals surface area (Å²) in [5, 5.41) is 0. The Labute approximate surface area is 514 Å². The molecule has 83 heavy (non-hydrogen) atoms. The smallest absolute Gasteiger partial charge is 0.201 e. The van der Waals surface area contributed by atoms with Gasteiger partial charge in [-0.05, 0) is 241 Å².